The molecule has 0 aliphatic rings. The molecule has 0 radical (unpaired) electrons. The number of carbonyl (C=O) groups excluding carboxylic acids is 1. The van der Waals surface area contributed by atoms with E-state index in [2.05, 4.69) is 0 Å². The Morgan fingerprint density at radius 3 is 2.35 bits per heavy atom. The van der Waals surface area contributed by atoms with Crippen LogP contribution in [0.5, 0.6) is 5.75 Å². The smallest absolute Gasteiger partial charge is 0.271 e. The molecule has 138 valence electrons. The number of nitrogens with zero attached hydrogens (tertiary/aromatic N) is 2. The molecule has 0 amide bonds. The summed E-state index contributed by atoms with van der Waals surface area (Å²) in [5.41, 5.74) is 0.333. The zero-order valence-corrected chi connectivity index (χ0v) is 15.5. The number of rotatable bonds is 7. The lowest BCUT2D eigenvalue weighted by molar-refractivity contribution is -0.384. The molecule has 0 N–H and O–H groups in total. The van der Waals surface area contributed by atoms with Crippen LogP contribution in [0.3, 0.4) is 0 Å². The van der Waals surface area contributed by atoms with Gasteiger partial charge in [-0.1, -0.05) is 17.7 Å². The number of hydrogen-bond donors (Lipinski definition) is 0. The van der Waals surface area contributed by atoms with Crippen molar-refractivity contribution >= 4 is 38.2 Å². The number of anilines is 1. The van der Waals surface area contributed by atoms with Crippen molar-refractivity contribution in [3.05, 3.63) is 58.1 Å². The fourth-order valence-electron chi connectivity index (χ4n) is 2.24. The third-order valence-corrected chi connectivity index (χ3v) is 5.41. The molecule has 0 saturated carbocycles. The summed E-state index contributed by atoms with van der Waals surface area (Å²) < 4.78 is 31.8. The average molecular weight is 399 g/mol. The normalized spacial score (nSPS) is 11.0. The van der Waals surface area contributed by atoms with Gasteiger partial charge >= 0.3 is 0 Å². The number of non-ortho nitro benzene ring substituents is 1. The van der Waals surface area contributed by atoms with Gasteiger partial charge in [-0.15, -0.1) is 0 Å². The predicted molar refractivity (Wildman–Crippen MR) is 96.2 cm³/mol. The van der Waals surface area contributed by atoms with Gasteiger partial charge in [0.05, 0.1) is 16.9 Å². The molecule has 8 nitrogen and oxygen atoms in total. The maximum Gasteiger partial charge on any atom is 0.271 e. The molecule has 0 unspecified atom stereocenters. The van der Waals surface area contributed by atoms with Gasteiger partial charge < -0.3 is 4.74 Å². The van der Waals surface area contributed by atoms with Crippen LogP contribution >= 0.6 is 11.6 Å². The molecular formula is C16H15ClN2O6S. The molecule has 0 fully saturated rings. The predicted octanol–water partition coefficient (Wildman–Crippen LogP) is 2.87. The molecule has 0 bridgehead atoms. The molecule has 0 aliphatic heterocycles. The van der Waals surface area contributed by atoms with Gasteiger partial charge in [0.1, 0.15) is 18.0 Å². The summed E-state index contributed by atoms with van der Waals surface area (Å²) in [6, 6.07) is 9.38. The number of aryl methyl sites for hydroxylation is 1. The molecule has 0 aliphatic carbocycles. The third-order valence-electron chi connectivity index (χ3n) is 3.52. The van der Waals surface area contributed by atoms with Crippen molar-refractivity contribution in [1.82, 2.24) is 0 Å². The van der Waals surface area contributed by atoms with Gasteiger partial charge in [0.25, 0.3) is 15.7 Å². The summed E-state index contributed by atoms with van der Waals surface area (Å²) in [5, 5.41) is 10.1. The molecule has 0 heterocycles. The van der Waals surface area contributed by atoms with E-state index >= 15 is 0 Å². The molecule has 0 aromatic heterocycles. The van der Waals surface area contributed by atoms with Crippen molar-refractivity contribution in [2.45, 2.75) is 11.8 Å². The third kappa shape index (κ3) is 4.12. The molecule has 2 aromatic carbocycles. The minimum Gasteiger partial charge on any atom is -0.495 e. The van der Waals surface area contributed by atoms with Gasteiger partial charge in [-0.25, -0.2) is 8.42 Å². The molecule has 10 heteroatoms. The molecule has 2 rings (SSSR count). The van der Waals surface area contributed by atoms with Crippen molar-refractivity contribution in [3.63, 3.8) is 0 Å². The Kier molecular flexibility index (Phi) is 5.83. The van der Waals surface area contributed by atoms with Crippen molar-refractivity contribution < 1.29 is 22.9 Å². The topological polar surface area (TPSA) is 107 Å². The van der Waals surface area contributed by atoms with Gasteiger partial charge in [-0.3, -0.25) is 19.2 Å². The summed E-state index contributed by atoms with van der Waals surface area (Å²) >= 11 is 5.42. The van der Waals surface area contributed by atoms with Crippen LogP contribution < -0.4 is 9.04 Å². The zero-order valence-electron chi connectivity index (χ0n) is 13.9. The number of sulfonamides is 1. The highest BCUT2D eigenvalue weighted by Gasteiger charge is 2.30. The largest absolute Gasteiger partial charge is 0.495 e. The fraction of sp³-hybridized carbons (Fsp3) is 0.188. The van der Waals surface area contributed by atoms with E-state index in [1.54, 1.807) is 19.1 Å². The Balaban J connectivity index is 2.68. The highest BCUT2D eigenvalue weighted by Crippen LogP contribution is 2.35. The van der Waals surface area contributed by atoms with E-state index in [1.165, 1.54) is 31.4 Å². The summed E-state index contributed by atoms with van der Waals surface area (Å²) in [6.07, 6.45) is 0. The van der Waals surface area contributed by atoms with Crippen LogP contribution in [-0.4, -0.2) is 32.2 Å². The highest BCUT2D eigenvalue weighted by molar-refractivity contribution is 7.92. The van der Waals surface area contributed by atoms with Crippen LogP contribution in [0.25, 0.3) is 0 Å². The number of hydrogen-bond acceptors (Lipinski definition) is 6. The molecule has 2 aromatic rings. The molecule has 0 spiro atoms. The Morgan fingerprint density at radius 2 is 1.85 bits per heavy atom. The van der Waals surface area contributed by atoms with Crippen LogP contribution in [0.4, 0.5) is 11.4 Å². The van der Waals surface area contributed by atoms with Gasteiger partial charge in [-0.05, 0) is 36.7 Å². The second-order valence-corrected chi connectivity index (χ2v) is 7.58. The standard InChI is InChI=1S/C16H15ClN2O6S/c1-11-3-6-13(7-4-11)26(23,24)18(10-16(17)20)14-9-12(19(21)22)5-8-15(14)25-2/h3-9H,10H2,1-2H3. The Bertz CT molecular complexity index is 944. The number of carbonyl (C=O) groups is 1. The minimum absolute atomic E-state index is 0.0456. The van der Waals surface area contributed by atoms with Crippen molar-refractivity contribution in [1.29, 1.82) is 0 Å². The SMILES string of the molecule is COc1ccc([N+](=O)[O-])cc1N(CC(=O)Cl)S(=O)(=O)c1ccc(C)cc1. The first-order valence-electron chi connectivity index (χ1n) is 7.27. The average Bonchev–Trinajstić information content (AvgIpc) is 2.59. The van der Waals surface area contributed by atoms with Crippen LogP contribution in [-0.2, 0) is 14.8 Å². The van der Waals surface area contributed by atoms with E-state index in [9.17, 15) is 23.3 Å². The number of benzene rings is 2. The van der Waals surface area contributed by atoms with E-state index in [1.807, 2.05) is 0 Å². The van der Waals surface area contributed by atoms with Crippen LogP contribution in [0.2, 0.25) is 0 Å². The van der Waals surface area contributed by atoms with Crippen molar-refractivity contribution in [3.8, 4) is 5.75 Å². The Labute approximate surface area is 155 Å². The van der Waals surface area contributed by atoms with E-state index in [0.717, 1.165) is 11.6 Å². The Hall–Kier alpha value is -2.65. The van der Waals surface area contributed by atoms with Crippen LogP contribution in [0.1, 0.15) is 5.56 Å². The van der Waals surface area contributed by atoms with E-state index in [-0.39, 0.29) is 22.0 Å². The minimum atomic E-state index is -4.22. The lowest BCUT2D eigenvalue weighted by Crippen LogP contribution is -2.34. The van der Waals surface area contributed by atoms with Crippen molar-refractivity contribution in [2.75, 3.05) is 18.0 Å². The van der Waals surface area contributed by atoms with E-state index in [0.29, 0.717) is 4.31 Å². The Morgan fingerprint density at radius 1 is 1.23 bits per heavy atom. The van der Waals surface area contributed by atoms with E-state index < -0.39 is 26.7 Å². The van der Waals surface area contributed by atoms with Gasteiger partial charge in [0, 0.05) is 12.1 Å². The zero-order chi connectivity index (χ0) is 19.5. The maximum atomic E-state index is 13.0. The van der Waals surface area contributed by atoms with E-state index in [4.69, 9.17) is 16.3 Å². The number of ether oxygens (including phenoxy) is 1. The fourth-order valence-corrected chi connectivity index (χ4v) is 3.85. The molecule has 26 heavy (non-hydrogen) atoms. The second-order valence-electron chi connectivity index (χ2n) is 5.29. The van der Waals surface area contributed by atoms with Crippen molar-refractivity contribution in [2.24, 2.45) is 0 Å². The molecule has 0 atom stereocenters. The van der Waals surface area contributed by atoms with Gasteiger partial charge in [0.2, 0.25) is 5.24 Å². The van der Waals surface area contributed by atoms with Gasteiger partial charge in [0.15, 0.2) is 0 Å². The summed E-state index contributed by atoms with van der Waals surface area (Å²) in [7, 11) is -2.93. The first kappa shape index (κ1) is 19.7. The molecule has 0 saturated heterocycles. The highest BCUT2D eigenvalue weighted by atomic mass is 35.5. The van der Waals surface area contributed by atoms with Crippen LogP contribution in [0.15, 0.2) is 47.4 Å². The molecular weight excluding hydrogens is 384 g/mol. The first-order valence-corrected chi connectivity index (χ1v) is 9.09. The lowest BCUT2D eigenvalue weighted by Gasteiger charge is -2.24. The van der Waals surface area contributed by atoms with Crippen LogP contribution in [0, 0.1) is 17.0 Å². The summed E-state index contributed by atoms with van der Waals surface area (Å²) in [4.78, 5) is 21.8. The summed E-state index contributed by atoms with van der Waals surface area (Å²) in [5.74, 6) is 0.0456. The number of methoxy groups -OCH3 is 1. The maximum absolute atomic E-state index is 13.0. The number of halogens is 1. The lowest BCUT2D eigenvalue weighted by atomic mass is 10.2. The second kappa shape index (κ2) is 7.71. The number of nitro benzene ring substituents is 1. The summed E-state index contributed by atoms with van der Waals surface area (Å²) in [6.45, 7) is 1.08. The van der Waals surface area contributed by atoms with Gasteiger partial charge in [-0.2, -0.15) is 0 Å². The first-order chi connectivity index (χ1) is 12.2. The quantitative estimate of drug-likeness (QED) is 0.403. The number of nitro groups is 1. The monoisotopic (exact) mass is 398 g/mol.